The molecule has 0 aliphatic carbocycles. The van der Waals surface area contributed by atoms with Crippen LogP contribution in [0.3, 0.4) is 0 Å². The van der Waals surface area contributed by atoms with Gasteiger partial charge in [0.2, 0.25) is 0 Å². The number of aryl methyl sites for hydroxylation is 1. The van der Waals surface area contributed by atoms with Gasteiger partial charge in [0.25, 0.3) is 0 Å². The Morgan fingerprint density at radius 3 is 2.70 bits per heavy atom. The van der Waals surface area contributed by atoms with Crippen molar-refractivity contribution in [1.82, 2.24) is 10.6 Å². The minimum Gasteiger partial charge on any atom is -0.497 e. The van der Waals surface area contributed by atoms with Crippen LogP contribution in [0.25, 0.3) is 0 Å². The Balaban J connectivity index is 0.00000264. The molecule has 1 atom stereocenters. The Hall–Kier alpha value is -0.630. The monoisotopic (exact) mass is 449 g/mol. The Labute approximate surface area is 161 Å². The number of benzene rings is 1. The normalized spacial score (nSPS) is 17.5. The van der Waals surface area contributed by atoms with Crippen LogP contribution < -0.4 is 15.4 Å². The van der Waals surface area contributed by atoms with Crippen LogP contribution in [0.15, 0.2) is 29.3 Å². The van der Waals surface area contributed by atoms with Gasteiger partial charge in [0.1, 0.15) is 5.75 Å². The fraction of sp³-hybridized carbons (Fsp3) is 0.588. The molecule has 1 aliphatic rings. The molecule has 0 radical (unpaired) electrons. The Kier molecular flexibility index (Phi) is 10.5. The second-order valence-electron chi connectivity index (χ2n) is 5.47. The van der Waals surface area contributed by atoms with Crippen LogP contribution in [0.2, 0.25) is 0 Å². The average Bonchev–Trinajstić information content (AvgIpc) is 3.08. The SMILES string of the molecule is CN=C(NCCCc1ccc(OC)cc1)NCC1CCCS1.I. The number of halogens is 1. The predicted molar refractivity (Wildman–Crippen MR) is 112 cm³/mol. The molecule has 6 heteroatoms. The molecule has 0 spiro atoms. The quantitative estimate of drug-likeness (QED) is 0.290. The lowest BCUT2D eigenvalue weighted by atomic mass is 10.1. The number of methoxy groups -OCH3 is 1. The van der Waals surface area contributed by atoms with Gasteiger partial charge in [0.05, 0.1) is 7.11 Å². The van der Waals surface area contributed by atoms with Gasteiger partial charge in [-0.1, -0.05) is 12.1 Å². The first-order chi connectivity index (χ1) is 10.8. The van der Waals surface area contributed by atoms with E-state index in [-0.39, 0.29) is 24.0 Å². The average molecular weight is 449 g/mol. The lowest BCUT2D eigenvalue weighted by molar-refractivity contribution is 0.414. The zero-order chi connectivity index (χ0) is 15.6. The highest BCUT2D eigenvalue weighted by Crippen LogP contribution is 2.25. The number of nitrogens with zero attached hydrogens (tertiary/aromatic N) is 1. The van der Waals surface area contributed by atoms with Crippen molar-refractivity contribution in [1.29, 1.82) is 0 Å². The summed E-state index contributed by atoms with van der Waals surface area (Å²) < 4.78 is 5.17. The molecule has 0 bridgehead atoms. The second kappa shape index (κ2) is 11.8. The lowest BCUT2D eigenvalue weighted by Gasteiger charge is -2.14. The van der Waals surface area contributed by atoms with Crippen LogP contribution in [0.1, 0.15) is 24.8 Å². The van der Waals surface area contributed by atoms with Crippen molar-refractivity contribution >= 4 is 41.7 Å². The summed E-state index contributed by atoms with van der Waals surface area (Å²) >= 11 is 2.07. The van der Waals surface area contributed by atoms with Crippen LogP contribution in [-0.4, -0.2) is 44.2 Å². The van der Waals surface area contributed by atoms with Crippen molar-refractivity contribution in [2.24, 2.45) is 4.99 Å². The number of nitrogens with one attached hydrogen (secondary N) is 2. The van der Waals surface area contributed by atoms with Gasteiger partial charge in [0, 0.05) is 25.4 Å². The smallest absolute Gasteiger partial charge is 0.191 e. The molecule has 1 aromatic rings. The first-order valence-electron chi connectivity index (χ1n) is 8.01. The van der Waals surface area contributed by atoms with E-state index >= 15 is 0 Å². The molecule has 130 valence electrons. The van der Waals surface area contributed by atoms with Gasteiger partial charge in [-0.3, -0.25) is 4.99 Å². The molecule has 23 heavy (non-hydrogen) atoms. The largest absolute Gasteiger partial charge is 0.497 e. The van der Waals surface area contributed by atoms with Gasteiger partial charge in [0.15, 0.2) is 5.96 Å². The van der Waals surface area contributed by atoms with Crippen molar-refractivity contribution in [3.05, 3.63) is 29.8 Å². The highest BCUT2D eigenvalue weighted by atomic mass is 127. The zero-order valence-corrected chi connectivity index (χ0v) is 17.2. The Morgan fingerprint density at radius 2 is 2.09 bits per heavy atom. The molecule has 1 heterocycles. The molecular formula is C17H28IN3OS. The number of hydrogen-bond donors (Lipinski definition) is 2. The minimum atomic E-state index is 0. The number of thioether (sulfide) groups is 1. The van der Waals surface area contributed by atoms with Crippen LogP contribution in [-0.2, 0) is 6.42 Å². The molecule has 1 aliphatic heterocycles. The highest BCUT2D eigenvalue weighted by molar-refractivity contribution is 14.0. The van der Waals surface area contributed by atoms with E-state index in [1.807, 2.05) is 19.2 Å². The summed E-state index contributed by atoms with van der Waals surface area (Å²) in [7, 11) is 3.53. The van der Waals surface area contributed by atoms with Gasteiger partial charge in [-0.25, -0.2) is 0 Å². The predicted octanol–water partition coefficient (Wildman–Crippen LogP) is 3.31. The number of guanidine groups is 1. The van der Waals surface area contributed by atoms with E-state index in [1.54, 1.807) is 7.11 Å². The molecule has 2 N–H and O–H groups in total. The van der Waals surface area contributed by atoms with Gasteiger partial charge < -0.3 is 15.4 Å². The molecule has 4 nitrogen and oxygen atoms in total. The standard InChI is InChI=1S/C17H27N3OS.HI/c1-18-17(20-13-16-6-4-12-22-16)19-11-3-5-14-7-9-15(21-2)10-8-14;/h7-10,16H,3-6,11-13H2,1-2H3,(H2,18,19,20);1H. The maximum Gasteiger partial charge on any atom is 0.191 e. The van der Waals surface area contributed by atoms with Gasteiger partial charge in [-0.15, -0.1) is 24.0 Å². The van der Waals surface area contributed by atoms with Gasteiger partial charge in [-0.2, -0.15) is 11.8 Å². The first-order valence-corrected chi connectivity index (χ1v) is 9.05. The van der Waals surface area contributed by atoms with E-state index in [9.17, 15) is 0 Å². The summed E-state index contributed by atoms with van der Waals surface area (Å²) in [6, 6.07) is 8.29. The molecule has 0 amide bonds. The van der Waals surface area contributed by atoms with Crippen LogP contribution in [0.4, 0.5) is 0 Å². The molecule has 0 saturated carbocycles. The zero-order valence-electron chi connectivity index (χ0n) is 14.0. The maximum absolute atomic E-state index is 5.17. The highest BCUT2D eigenvalue weighted by Gasteiger charge is 2.15. The molecule has 0 aromatic heterocycles. The van der Waals surface area contributed by atoms with E-state index in [0.717, 1.165) is 42.9 Å². The summed E-state index contributed by atoms with van der Waals surface area (Å²) in [4.78, 5) is 4.28. The second-order valence-corrected chi connectivity index (χ2v) is 6.87. The van der Waals surface area contributed by atoms with Crippen molar-refractivity contribution in [3.8, 4) is 5.75 Å². The van der Waals surface area contributed by atoms with E-state index in [1.165, 1.54) is 24.2 Å². The third-order valence-electron chi connectivity index (χ3n) is 3.84. The fourth-order valence-corrected chi connectivity index (χ4v) is 3.73. The third kappa shape index (κ3) is 7.65. The topological polar surface area (TPSA) is 45.7 Å². The summed E-state index contributed by atoms with van der Waals surface area (Å²) in [5.74, 6) is 3.14. The van der Waals surface area contributed by atoms with Gasteiger partial charge >= 0.3 is 0 Å². The Morgan fingerprint density at radius 1 is 1.30 bits per heavy atom. The van der Waals surface area contributed by atoms with E-state index in [0.29, 0.717) is 0 Å². The minimum absolute atomic E-state index is 0. The Bertz CT molecular complexity index is 461. The third-order valence-corrected chi connectivity index (χ3v) is 5.24. The molecule has 2 rings (SSSR count). The summed E-state index contributed by atoms with van der Waals surface area (Å²) in [5, 5.41) is 7.57. The summed E-state index contributed by atoms with van der Waals surface area (Å²) in [6.07, 6.45) is 4.83. The lowest BCUT2D eigenvalue weighted by Crippen LogP contribution is -2.40. The molecule has 1 unspecified atom stereocenters. The number of rotatable bonds is 7. The van der Waals surface area contributed by atoms with Crippen LogP contribution in [0, 0.1) is 0 Å². The number of ether oxygens (including phenoxy) is 1. The van der Waals surface area contributed by atoms with Crippen molar-refractivity contribution in [3.63, 3.8) is 0 Å². The maximum atomic E-state index is 5.17. The first kappa shape index (κ1) is 20.4. The molecular weight excluding hydrogens is 421 g/mol. The van der Waals surface area contributed by atoms with Crippen LogP contribution in [0.5, 0.6) is 5.75 Å². The van der Waals surface area contributed by atoms with E-state index in [4.69, 9.17) is 4.74 Å². The summed E-state index contributed by atoms with van der Waals surface area (Å²) in [6.45, 7) is 1.95. The van der Waals surface area contributed by atoms with Crippen molar-refractivity contribution in [2.45, 2.75) is 30.9 Å². The van der Waals surface area contributed by atoms with E-state index in [2.05, 4.69) is 39.5 Å². The van der Waals surface area contributed by atoms with Crippen LogP contribution >= 0.6 is 35.7 Å². The van der Waals surface area contributed by atoms with Gasteiger partial charge in [-0.05, 0) is 49.1 Å². The molecule has 1 fully saturated rings. The van der Waals surface area contributed by atoms with Crippen molar-refractivity contribution in [2.75, 3.05) is 33.0 Å². The van der Waals surface area contributed by atoms with E-state index < -0.39 is 0 Å². The number of hydrogen-bond acceptors (Lipinski definition) is 3. The molecule has 1 aromatic carbocycles. The number of aliphatic imine (C=N–C) groups is 1. The summed E-state index contributed by atoms with van der Waals surface area (Å²) in [5.41, 5.74) is 1.34. The molecule has 1 saturated heterocycles. The fourth-order valence-electron chi connectivity index (χ4n) is 2.53. The van der Waals surface area contributed by atoms with Crippen molar-refractivity contribution < 1.29 is 4.74 Å².